The molecule has 0 bridgehead atoms. The number of benzene rings is 10. The van der Waals surface area contributed by atoms with Crippen molar-refractivity contribution in [2.45, 2.75) is 73.1 Å². The van der Waals surface area contributed by atoms with Crippen LogP contribution in [-0.4, -0.2) is 13.1 Å². The van der Waals surface area contributed by atoms with E-state index in [0.717, 1.165) is 66.5 Å². The third-order valence-electron chi connectivity index (χ3n) is 16.5. The average Bonchev–Trinajstić information content (AvgIpc) is 1.37. The maximum atomic E-state index is 9.35. The number of fused-ring (bicyclic) bond motifs is 10. The summed E-state index contributed by atoms with van der Waals surface area (Å²) in [6.07, 6.45) is 1.60. The summed E-state index contributed by atoms with van der Waals surface area (Å²) in [6, 6.07) is 58.0. The number of ether oxygens (including phenoxy) is 1. The first kappa shape index (κ1) is 44.0. The Labute approximate surface area is 525 Å². The summed E-state index contributed by atoms with van der Waals surface area (Å²) in [5.74, 6) is 1.34. The van der Waals surface area contributed by atoms with Crippen LogP contribution >= 0.6 is 0 Å². The number of hydrogen-bond donors (Lipinski definition) is 0. The van der Waals surface area contributed by atoms with Crippen molar-refractivity contribution < 1.29 is 39.5 Å². The van der Waals surface area contributed by atoms with E-state index in [4.69, 9.17) is 20.7 Å². The molecule has 0 atom stereocenters. The number of aryl methyl sites for hydroxylation is 3. The van der Waals surface area contributed by atoms with E-state index in [0.29, 0.717) is 45.4 Å². The Balaban J connectivity index is 0.00000803. The molecule has 0 aliphatic carbocycles. The zero-order valence-corrected chi connectivity index (χ0v) is 51.5. The molecule has 3 aliphatic rings. The molecular formula is C77H65N4OPtSi-3. The molecule has 0 saturated carbocycles. The van der Waals surface area contributed by atoms with Crippen molar-refractivity contribution in [3.05, 3.63) is 271 Å². The predicted molar refractivity (Wildman–Crippen MR) is 349 cm³/mol. The van der Waals surface area contributed by atoms with Gasteiger partial charge >= 0.3 is 0 Å². The van der Waals surface area contributed by atoms with Gasteiger partial charge in [-0.05, 0) is 116 Å². The molecule has 0 saturated heterocycles. The van der Waals surface area contributed by atoms with Crippen LogP contribution in [0, 0.1) is 39.6 Å². The first-order valence-electron chi connectivity index (χ1n) is 33.1. The molecule has 84 heavy (non-hydrogen) atoms. The summed E-state index contributed by atoms with van der Waals surface area (Å²) in [5.41, 5.74) is 14.5. The number of anilines is 7. The van der Waals surface area contributed by atoms with Gasteiger partial charge in [0.2, 0.25) is 0 Å². The molecule has 1 aromatic heterocycles. The minimum Gasteiger partial charge on any atom is -0.509 e. The Bertz CT molecular complexity index is 4860. The van der Waals surface area contributed by atoms with Crippen molar-refractivity contribution in [1.29, 1.82) is 0 Å². The van der Waals surface area contributed by atoms with Gasteiger partial charge in [0.05, 0.1) is 13.7 Å². The third kappa shape index (κ3) is 9.14. The fourth-order valence-corrected chi connectivity index (χ4v) is 17.9. The van der Waals surface area contributed by atoms with Crippen molar-refractivity contribution in [2.75, 3.05) is 14.7 Å². The Kier molecular flexibility index (Phi) is 11.0. The Morgan fingerprint density at radius 1 is 0.488 bits per heavy atom. The Hall–Kier alpha value is -8.54. The normalized spacial score (nSPS) is 15.3. The largest absolute Gasteiger partial charge is 0.509 e. The van der Waals surface area contributed by atoms with Crippen LogP contribution in [0.2, 0.25) is 0 Å². The van der Waals surface area contributed by atoms with Gasteiger partial charge < -0.3 is 19.4 Å². The summed E-state index contributed by atoms with van der Waals surface area (Å²) in [7, 11) is -3.17. The first-order chi connectivity index (χ1) is 44.3. The van der Waals surface area contributed by atoms with Gasteiger partial charge in [0, 0.05) is 78.2 Å². The van der Waals surface area contributed by atoms with Gasteiger partial charge in [-0.2, -0.15) is 12.1 Å². The van der Waals surface area contributed by atoms with Crippen LogP contribution in [0.25, 0.3) is 44.5 Å². The van der Waals surface area contributed by atoms with E-state index in [1.165, 1.54) is 21.5 Å². The van der Waals surface area contributed by atoms with Gasteiger partial charge in [0.15, 0.2) is 0 Å². The standard InChI is InChI=1S/C77H65N4OSi.Pt/c1-50-34-37-70-63(40-50)64-41-51(2)35-38-71(64)83(70)72-33-19-18-32-68(72)81(74-42-52(3)65(48-78-74)54-24-14-11-15-25-54)69-47-60(36-39-73(69)83)82-59-27-20-26-58(46-59)79-49-80(67-31-17-16-30-66(67)79)75-61(53-22-12-10-13-23-53)28-21-29-62(75)55-43-56(76(4,5)6)45-57(44-55)77(7,8)9;/h10-45,48-49H,1-9H3;/q-3;/i10D,11D,12D,13D,14D,15D,22D,23D,24D,25D;. The molecule has 1 spiro atoms. The molecule has 14 rings (SSSR count). The number of aromatic nitrogens is 1. The van der Waals surface area contributed by atoms with E-state index < -0.39 is 44.3 Å². The molecule has 416 valence electrons. The molecule has 3 aliphatic heterocycles. The topological polar surface area (TPSA) is 31.8 Å². The molecule has 0 radical (unpaired) electrons. The summed E-state index contributed by atoms with van der Waals surface area (Å²) in [5, 5.41) is 4.76. The molecular weight excluding hydrogens is 1220 g/mol. The molecule has 7 heteroatoms. The summed E-state index contributed by atoms with van der Waals surface area (Å²) >= 11 is 0. The molecule has 5 nitrogen and oxygen atoms in total. The van der Waals surface area contributed by atoms with E-state index in [2.05, 4.69) is 156 Å². The van der Waals surface area contributed by atoms with Crippen LogP contribution in [-0.2, 0) is 31.9 Å². The van der Waals surface area contributed by atoms with Crippen LogP contribution in [0.4, 0.5) is 39.9 Å². The number of hydrogen-bond acceptors (Lipinski definition) is 5. The fraction of sp³-hybridized carbons (Fsp3) is 0.143. The van der Waals surface area contributed by atoms with E-state index in [-0.39, 0.29) is 67.2 Å². The molecule has 0 amide bonds. The molecule has 11 aromatic rings. The monoisotopic (exact) mass is 1290 g/mol. The van der Waals surface area contributed by atoms with Crippen LogP contribution in [0.1, 0.15) is 83.1 Å². The van der Waals surface area contributed by atoms with Gasteiger partial charge in [0.25, 0.3) is 0 Å². The van der Waals surface area contributed by atoms with Gasteiger partial charge in [0.1, 0.15) is 13.9 Å². The van der Waals surface area contributed by atoms with Crippen LogP contribution in [0.15, 0.2) is 224 Å². The maximum Gasteiger partial charge on any atom is 0.135 e. The van der Waals surface area contributed by atoms with Gasteiger partial charge in [-0.25, -0.2) is 4.98 Å². The second-order valence-electron chi connectivity index (χ2n) is 24.0. The number of pyridine rings is 1. The van der Waals surface area contributed by atoms with E-state index >= 15 is 0 Å². The minimum absolute atomic E-state index is 0. The summed E-state index contributed by atoms with van der Waals surface area (Å²) in [4.78, 5) is 11.3. The summed E-state index contributed by atoms with van der Waals surface area (Å²) < 4.78 is 95.1. The molecule has 0 fully saturated rings. The number of nitrogens with zero attached hydrogens (tertiary/aromatic N) is 4. The van der Waals surface area contributed by atoms with Crippen LogP contribution in [0.5, 0.6) is 11.5 Å². The van der Waals surface area contributed by atoms with E-state index in [1.807, 2.05) is 97.4 Å². The molecule has 0 N–H and O–H groups in total. The fourth-order valence-electron chi connectivity index (χ4n) is 12.5. The predicted octanol–water partition coefficient (Wildman–Crippen LogP) is 17.5. The number of para-hydroxylation sites is 4. The summed E-state index contributed by atoms with van der Waals surface area (Å²) in [6.45, 7) is 21.3. The second kappa shape index (κ2) is 21.0. The van der Waals surface area contributed by atoms with Gasteiger partial charge in [-0.3, -0.25) is 0 Å². The third-order valence-corrected chi connectivity index (χ3v) is 21.4. The van der Waals surface area contributed by atoms with Gasteiger partial charge in [-0.1, -0.05) is 222 Å². The van der Waals surface area contributed by atoms with Crippen molar-refractivity contribution in [2.24, 2.45) is 0 Å². The number of rotatable bonds is 8. The second-order valence-corrected chi connectivity index (χ2v) is 27.6. The molecule has 4 heterocycles. The zero-order valence-electron chi connectivity index (χ0n) is 58.2. The van der Waals surface area contributed by atoms with Crippen molar-refractivity contribution in [3.63, 3.8) is 0 Å². The van der Waals surface area contributed by atoms with Gasteiger partial charge in [-0.15, -0.1) is 47.9 Å². The SMILES string of the molecule is [2H]c1c([2H])c([2H])c(-c2cnc(N3c4[c-]c(Oc5[c-]c(N6[CH-]N(c7c(-c8cc(C(C)(C)C)cc(C(C)(C)C)c8)cccc7-c7c([2H])c([2H])c([2H])c([2H])c7[2H])c7ccccc76)ccc5)ccc4[Si]4(c5ccc(C)cc5-c5cc(C)ccc54)c4ccccc43)cc2C)c([2H])c1[2H].[Pt]. The maximum absolute atomic E-state index is 9.35. The quantitative estimate of drug-likeness (QED) is 0.112. The zero-order chi connectivity index (χ0) is 65.6. The minimum atomic E-state index is -3.17. The first-order valence-corrected chi connectivity index (χ1v) is 30.1. The Morgan fingerprint density at radius 2 is 1.04 bits per heavy atom. The van der Waals surface area contributed by atoms with E-state index in [9.17, 15) is 2.74 Å². The average molecular weight is 1300 g/mol. The molecule has 0 unspecified atom stereocenters. The molecule has 10 aromatic carbocycles. The van der Waals surface area contributed by atoms with Crippen LogP contribution in [0.3, 0.4) is 0 Å². The van der Waals surface area contributed by atoms with Crippen LogP contribution < -0.4 is 40.2 Å². The van der Waals surface area contributed by atoms with E-state index in [1.54, 1.807) is 6.20 Å². The van der Waals surface area contributed by atoms with Crippen molar-refractivity contribution >= 4 is 68.8 Å². The van der Waals surface area contributed by atoms with Crippen molar-refractivity contribution in [1.82, 2.24) is 4.98 Å². The Morgan fingerprint density at radius 3 is 1.65 bits per heavy atom. The van der Waals surface area contributed by atoms with Crippen molar-refractivity contribution in [3.8, 4) is 56.0 Å². The smallest absolute Gasteiger partial charge is 0.135 e.